The number of carbonyl (C=O) groups excluding carboxylic acids is 1. The van der Waals surface area contributed by atoms with Crippen molar-refractivity contribution in [2.24, 2.45) is 4.99 Å². The smallest absolute Gasteiger partial charge is 0.251 e. The van der Waals surface area contributed by atoms with E-state index in [4.69, 9.17) is 4.74 Å². The van der Waals surface area contributed by atoms with Crippen molar-refractivity contribution in [2.45, 2.75) is 39.2 Å². The number of hydrogen-bond donors (Lipinski definition) is 2. The van der Waals surface area contributed by atoms with Crippen LogP contribution < -0.4 is 10.6 Å². The van der Waals surface area contributed by atoms with Gasteiger partial charge < -0.3 is 15.4 Å². The fourth-order valence-electron chi connectivity index (χ4n) is 2.33. The number of amides is 1. The Bertz CT molecular complexity index is 430. The van der Waals surface area contributed by atoms with Crippen LogP contribution in [0.25, 0.3) is 0 Å². The first-order valence-electron chi connectivity index (χ1n) is 7.18. The number of allylic oxidation sites excluding steroid dienone is 1. The topological polar surface area (TPSA) is 62.7 Å². The van der Waals surface area contributed by atoms with Crippen molar-refractivity contribution in [3.63, 3.8) is 0 Å². The molecule has 2 N–H and O–H groups in total. The molecule has 1 fully saturated rings. The lowest BCUT2D eigenvalue weighted by Gasteiger charge is -2.17. The summed E-state index contributed by atoms with van der Waals surface area (Å²) in [5.41, 5.74) is 2.69. The van der Waals surface area contributed by atoms with E-state index >= 15 is 0 Å². The predicted octanol–water partition coefficient (Wildman–Crippen LogP) is 1.52. The minimum Gasteiger partial charge on any atom is -0.381 e. The highest BCUT2D eigenvalue weighted by molar-refractivity contribution is 5.97. The first kappa shape index (κ1) is 14.8. The summed E-state index contributed by atoms with van der Waals surface area (Å²) >= 11 is 0. The van der Waals surface area contributed by atoms with Crippen LogP contribution >= 0.6 is 0 Å². The molecule has 2 aliphatic heterocycles. The molecule has 20 heavy (non-hydrogen) atoms. The average molecular weight is 277 g/mol. The molecule has 0 aromatic heterocycles. The normalized spacial score (nSPS) is 24.1. The van der Waals surface area contributed by atoms with Gasteiger partial charge in [-0.2, -0.15) is 0 Å². The predicted molar refractivity (Wildman–Crippen MR) is 79.6 cm³/mol. The molecule has 5 nitrogen and oxygen atoms in total. The van der Waals surface area contributed by atoms with Crippen LogP contribution in [0.5, 0.6) is 0 Å². The second-order valence-corrected chi connectivity index (χ2v) is 5.41. The minimum absolute atomic E-state index is 0.00176. The Labute approximate surface area is 120 Å². The first-order chi connectivity index (χ1) is 9.66. The lowest BCUT2D eigenvalue weighted by Crippen LogP contribution is -2.36. The van der Waals surface area contributed by atoms with Gasteiger partial charge in [0.1, 0.15) is 0 Å². The summed E-state index contributed by atoms with van der Waals surface area (Å²) < 4.78 is 5.42. The minimum atomic E-state index is -0.00176. The standard InChI is InChI=1S/C15H23N3O2/c1-11(2)14(8-13-9-16-10-17-13)15(19)18-12-4-3-6-20-7-5-12/h8,10,12H,3-7,9H2,1-2H3,(H,16,17)(H,18,19)/b13-8+. The van der Waals surface area contributed by atoms with Crippen molar-refractivity contribution in [2.75, 3.05) is 19.8 Å². The number of aliphatic imine (C=N–C) groups is 1. The van der Waals surface area contributed by atoms with Crippen molar-refractivity contribution >= 4 is 12.2 Å². The Morgan fingerprint density at radius 3 is 3.00 bits per heavy atom. The van der Waals surface area contributed by atoms with Crippen molar-refractivity contribution in [3.8, 4) is 0 Å². The number of hydrogen-bond acceptors (Lipinski definition) is 4. The summed E-state index contributed by atoms with van der Waals surface area (Å²) in [5, 5.41) is 6.17. The summed E-state index contributed by atoms with van der Waals surface area (Å²) in [6.07, 6.45) is 6.44. The number of rotatable bonds is 3. The van der Waals surface area contributed by atoms with Gasteiger partial charge in [-0.15, -0.1) is 0 Å². The van der Waals surface area contributed by atoms with Gasteiger partial charge in [0.2, 0.25) is 0 Å². The Morgan fingerprint density at radius 2 is 2.30 bits per heavy atom. The zero-order chi connectivity index (χ0) is 14.4. The van der Waals surface area contributed by atoms with E-state index in [2.05, 4.69) is 15.6 Å². The first-order valence-corrected chi connectivity index (χ1v) is 7.18. The van der Waals surface area contributed by atoms with Crippen LogP contribution in [0.2, 0.25) is 0 Å². The lowest BCUT2D eigenvalue weighted by molar-refractivity contribution is -0.118. The molecule has 2 rings (SSSR count). The van der Waals surface area contributed by atoms with E-state index in [0.29, 0.717) is 6.54 Å². The average Bonchev–Trinajstić information content (AvgIpc) is 2.79. The van der Waals surface area contributed by atoms with E-state index in [-0.39, 0.29) is 11.9 Å². The molecule has 0 saturated carbocycles. The monoisotopic (exact) mass is 277 g/mol. The molecule has 1 amide bonds. The highest BCUT2D eigenvalue weighted by Crippen LogP contribution is 2.13. The van der Waals surface area contributed by atoms with E-state index in [1.165, 1.54) is 0 Å². The SMILES string of the molecule is CC(C)=C(/C=C1\CN=CN1)C(=O)NC1CCCOCC1. The lowest BCUT2D eigenvalue weighted by atomic mass is 10.1. The van der Waals surface area contributed by atoms with Crippen LogP contribution in [0.15, 0.2) is 27.9 Å². The molecular weight excluding hydrogens is 254 g/mol. The highest BCUT2D eigenvalue weighted by Gasteiger charge is 2.18. The third-order valence-corrected chi connectivity index (χ3v) is 3.49. The number of nitrogens with one attached hydrogen (secondary N) is 2. The van der Waals surface area contributed by atoms with E-state index in [9.17, 15) is 4.79 Å². The molecule has 0 spiro atoms. The molecule has 1 unspecified atom stereocenters. The number of nitrogens with zero attached hydrogens (tertiary/aromatic N) is 1. The third kappa shape index (κ3) is 4.20. The third-order valence-electron chi connectivity index (χ3n) is 3.49. The summed E-state index contributed by atoms with van der Waals surface area (Å²) in [5.74, 6) is -0.00176. The zero-order valence-electron chi connectivity index (χ0n) is 12.2. The molecule has 110 valence electrons. The Kier molecular flexibility index (Phi) is 5.35. The second-order valence-electron chi connectivity index (χ2n) is 5.41. The van der Waals surface area contributed by atoms with Crippen LogP contribution in [0.3, 0.4) is 0 Å². The molecule has 5 heteroatoms. The van der Waals surface area contributed by atoms with E-state index in [1.807, 2.05) is 19.9 Å². The maximum absolute atomic E-state index is 12.4. The molecule has 0 bridgehead atoms. The van der Waals surface area contributed by atoms with E-state index in [1.54, 1.807) is 6.34 Å². The van der Waals surface area contributed by atoms with Crippen molar-refractivity contribution < 1.29 is 9.53 Å². The van der Waals surface area contributed by atoms with Crippen LogP contribution in [0.4, 0.5) is 0 Å². The van der Waals surface area contributed by atoms with Crippen molar-refractivity contribution in [1.29, 1.82) is 0 Å². The molecule has 2 heterocycles. The molecule has 0 aliphatic carbocycles. The molecule has 1 atom stereocenters. The van der Waals surface area contributed by atoms with Crippen LogP contribution in [0, 0.1) is 0 Å². The zero-order valence-corrected chi connectivity index (χ0v) is 12.2. The van der Waals surface area contributed by atoms with Gasteiger partial charge in [-0.3, -0.25) is 9.79 Å². The van der Waals surface area contributed by atoms with Crippen LogP contribution in [-0.2, 0) is 9.53 Å². The largest absolute Gasteiger partial charge is 0.381 e. The quantitative estimate of drug-likeness (QED) is 0.769. The van der Waals surface area contributed by atoms with Gasteiger partial charge in [0.05, 0.1) is 12.9 Å². The molecule has 0 radical (unpaired) electrons. The maximum atomic E-state index is 12.4. The van der Waals surface area contributed by atoms with Crippen LogP contribution in [0.1, 0.15) is 33.1 Å². The maximum Gasteiger partial charge on any atom is 0.251 e. The Hall–Kier alpha value is -1.62. The van der Waals surface area contributed by atoms with Gasteiger partial charge in [-0.25, -0.2) is 0 Å². The van der Waals surface area contributed by atoms with Crippen molar-refractivity contribution in [1.82, 2.24) is 10.6 Å². The van der Waals surface area contributed by atoms with Gasteiger partial charge in [0.25, 0.3) is 5.91 Å². The van der Waals surface area contributed by atoms with Gasteiger partial charge in [-0.1, -0.05) is 5.57 Å². The second kappa shape index (κ2) is 7.24. The van der Waals surface area contributed by atoms with Crippen molar-refractivity contribution in [3.05, 3.63) is 22.9 Å². The van der Waals surface area contributed by atoms with Gasteiger partial charge in [0.15, 0.2) is 0 Å². The molecular formula is C15H23N3O2. The van der Waals surface area contributed by atoms with Gasteiger partial charge in [0, 0.05) is 30.5 Å². The molecule has 2 aliphatic rings. The Balaban J connectivity index is 2.00. The summed E-state index contributed by atoms with van der Waals surface area (Å²) in [4.78, 5) is 16.5. The molecule has 0 aromatic rings. The number of ether oxygens (including phenoxy) is 1. The van der Waals surface area contributed by atoms with E-state index < -0.39 is 0 Å². The fraction of sp³-hybridized carbons (Fsp3) is 0.600. The Morgan fingerprint density at radius 1 is 1.45 bits per heavy atom. The molecule has 1 saturated heterocycles. The van der Waals surface area contributed by atoms with Gasteiger partial charge >= 0.3 is 0 Å². The summed E-state index contributed by atoms with van der Waals surface area (Å²) in [6.45, 7) is 6.05. The number of carbonyl (C=O) groups is 1. The highest BCUT2D eigenvalue weighted by atomic mass is 16.5. The van der Waals surface area contributed by atoms with Crippen LogP contribution in [-0.4, -0.2) is 38.0 Å². The van der Waals surface area contributed by atoms with E-state index in [0.717, 1.165) is 49.3 Å². The summed E-state index contributed by atoms with van der Waals surface area (Å²) in [7, 11) is 0. The van der Waals surface area contributed by atoms with Gasteiger partial charge in [-0.05, 0) is 39.2 Å². The molecule has 0 aromatic carbocycles. The fourth-order valence-corrected chi connectivity index (χ4v) is 2.33. The summed E-state index contributed by atoms with van der Waals surface area (Å²) in [6, 6.07) is 0.213.